The molecule has 0 atom stereocenters. The summed E-state index contributed by atoms with van der Waals surface area (Å²) in [6.45, 7) is 4.75. The molecule has 0 aliphatic carbocycles. The third kappa shape index (κ3) is 5.58. The van der Waals surface area contributed by atoms with E-state index >= 15 is 0 Å². The number of nitrogens with zero attached hydrogens (tertiary/aromatic N) is 3. The van der Waals surface area contributed by atoms with Crippen molar-refractivity contribution in [2.75, 3.05) is 20.2 Å². The highest BCUT2D eigenvalue weighted by Crippen LogP contribution is 2.34. The number of nitrogens with one attached hydrogen (secondary N) is 2. The predicted molar refractivity (Wildman–Crippen MR) is 94.5 cm³/mol. The molecule has 0 aromatic carbocycles. The number of ether oxygens (including phenoxy) is 1. The number of hydrogen-bond acceptors (Lipinski definition) is 5. The van der Waals surface area contributed by atoms with Crippen molar-refractivity contribution in [1.29, 1.82) is 0 Å². The van der Waals surface area contributed by atoms with Crippen molar-refractivity contribution in [2.45, 2.75) is 26.6 Å². The number of pyridine rings is 1. The Morgan fingerprint density at radius 1 is 1.31 bits per heavy atom. The summed E-state index contributed by atoms with van der Waals surface area (Å²) in [5.41, 5.74) is 0.107. The largest absolute Gasteiger partial charge is 0.475 e. The highest BCUT2D eigenvalue weighted by atomic mass is 32.1. The monoisotopic (exact) mass is 387 g/mol. The summed E-state index contributed by atoms with van der Waals surface area (Å²) in [4.78, 5) is 13.3. The molecule has 0 unspecified atom stereocenters. The lowest BCUT2D eigenvalue weighted by Crippen LogP contribution is -2.39. The third-order valence-electron chi connectivity index (χ3n) is 3.41. The molecule has 0 fully saturated rings. The third-order valence-corrected chi connectivity index (χ3v) is 4.49. The van der Waals surface area contributed by atoms with E-state index in [9.17, 15) is 13.2 Å². The van der Waals surface area contributed by atoms with Crippen molar-refractivity contribution in [2.24, 2.45) is 4.99 Å². The molecule has 0 saturated heterocycles. The normalized spacial score (nSPS) is 12.2. The van der Waals surface area contributed by atoms with E-state index in [4.69, 9.17) is 4.74 Å². The fourth-order valence-corrected chi connectivity index (χ4v) is 2.91. The van der Waals surface area contributed by atoms with Gasteiger partial charge in [0.2, 0.25) is 5.88 Å². The smallest absolute Gasteiger partial charge is 0.421 e. The number of aliphatic imine (C=N–C) groups is 1. The van der Waals surface area contributed by atoms with E-state index in [0.717, 1.165) is 21.6 Å². The summed E-state index contributed by atoms with van der Waals surface area (Å²) in [5.74, 6) is 0.0784. The van der Waals surface area contributed by atoms with E-state index in [-0.39, 0.29) is 13.2 Å². The Balaban J connectivity index is 1.80. The van der Waals surface area contributed by atoms with Crippen molar-refractivity contribution in [1.82, 2.24) is 20.6 Å². The molecule has 2 rings (SSSR count). The van der Waals surface area contributed by atoms with Gasteiger partial charge in [-0.15, -0.1) is 11.3 Å². The first-order valence-corrected chi connectivity index (χ1v) is 8.65. The lowest BCUT2D eigenvalue weighted by molar-refractivity contribution is -0.139. The van der Waals surface area contributed by atoms with Crippen LogP contribution in [0.2, 0.25) is 0 Å². The van der Waals surface area contributed by atoms with Crippen LogP contribution < -0.4 is 15.4 Å². The quantitative estimate of drug-likeness (QED) is 0.453. The molecule has 2 heterocycles. The van der Waals surface area contributed by atoms with Gasteiger partial charge in [-0.3, -0.25) is 4.99 Å². The van der Waals surface area contributed by atoms with Crippen molar-refractivity contribution < 1.29 is 17.9 Å². The van der Waals surface area contributed by atoms with Gasteiger partial charge in [-0.2, -0.15) is 13.2 Å². The molecule has 10 heteroatoms. The Bertz CT molecular complexity index is 741. The van der Waals surface area contributed by atoms with Crippen LogP contribution in [0.25, 0.3) is 0 Å². The van der Waals surface area contributed by atoms with E-state index in [1.807, 2.05) is 13.8 Å². The second kappa shape index (κ2) is 8.84. The average molecular weight is 387 g/mol. The van der Waals surface area contributed by atoms with Gasteiger partial charge in [0.05, 0.1) is 18.8 Å². The van der Waals surface area contributed by atoms with Gasteiger partial charge in [0, 0.05) is 18.1 Å². The highest BCUT2D eigenvalue weighted by molar-refractivity contribution is 7.11. The fraction of sp³-hybridized carbons (Fsp3) is 0.438. The second-order valence-corrected chi connectivity index (χ2v) is 6.59. The van der Waals surface area contributed by atoms with E-state index < -0.39 is 17.6 Å². The summed E-state index contributed by atoms with van der Waals surface area (Å²) in [7, 11) is 1.61. The number of alkyl halides is 3. The molecule has 2 aromatic heterocycles. The second-order valence-electron chi connectivity index (χ2n) is 5.30. The molecule has 6 nitrogen and oxygen atoms in total. The van der Waals surface area contributed by atoms with Gasteiger partial charge in [-0.25, -0.2) is 9.97 Å². The Morgan fingerprint density at radius 3 is 2.69 bits per heavy atom. The van der Waals surface area contributed by atoms with Crippen LogP contribution in [0.4, 0.5) is 13.2 Å². The summed E-state index contributed by atoms with van der Waals surface area (Å²) < 4.78 is 43.7. The van der Waals surface area contributed by atoms with Gasteiger partial charge in [-0.05, 0) is 26.0 Å². The number of rotatable bonds is 6. The number of aryl methyl sites for hydroxylation is 2. The maximum Gasteiger partial charge on any atom is 0.421 e. The van der Waals surface area contributed by atoms with E-state index in [0.29, 0.717) is 12.5 Å². The zero-order chi connectivity index (χ0) is 19.2. The van der Waals surface area contributed by atoms with Crippen molar-refractivity contribution in [3.63, 3.8) is 0 Å². The molecule has 0 bridgehead atoms. The molecule has 0 spiro atoms. The first-order valence-electron chi connectivity index (χ1n) is 7.83. The summed E-state index contributed by atoms with van der Waals surface area (Å²) >= 11 is 1.60. The molecule has 0 aliphatic heterocycles. The molecular weight excluding hydrogens is 367 g/mol. The van der Waals surface area contributed by atoms with E-state index in [2.05, 4.69) is 25.6 Å². The molecule has 0 saturated carbocycles. The SMILES string of the molecule is CN=C(NCCOc1ncccc1C(F)(F)F)NCc1nc(C)c(C)s1. The number of guanidine groups is 1. The zero-order valence-corrected chi connectivity index (χ0v) is 15.5. The lowest BCUT2D eigenvalue weighted by atomic mass is 10.2. The van der Waals surface area contributed by atoms with Crippen LogP contribution in [-0.2, 0) is 12.7 Å². The van der Waals surface area contributed by atoms with Crippen LogP contribution in [-0.4, -0.2) is 36.1 Å². The van der Waals surface area contributed by atoms with Crippen molar-refractivity contribution >= 4 is 17.3 Å². The average Bonchev–Trinajstić information content (AvgIpc) is 2.91. The highest BCUT2D eigenvalue weighted by Gasteiger charge is 2.34. The van der Waals surface area contributed by atoms with Crippen LogP contribution in [0.5, 0.6) is 5.88 Å². The molecule has 26 heavy (non-hydrogen) atoms. The minimum Gasteiger partial charge on any atom is -0.475 e. The van der Waals surface area contributed by atoms with Crippen LogP contribution in [0, 0.1) is 13.8 Å². The van der Waals surface area contributed by atoms with Crippen molar-refractivity contribution in [3.05, 3.63) is 39.5 Å². The summed E-state index contributed by atoms with van der Waals surface area (Å²) in [5, 5.41) is 7.00. The number of halogens is 3. The van der Waals surface area contributed by atoms with E-state index in [1.54, 1.807) is 18.4 Å². The Labute approximate surface area is 153 Å². The number of aromatic nitrogens is 2. The van der Waals surface area contributed by atoms with Crippen LogP contribution in [0.3, 0.4) is 0 Å². The Morgan fingerprint density at radius 2 is 2.08 bits per heavy atom. The molecular formula is C16H20F3N5OS. The van der Waals surface area contributed by atoms with Crippen LogP contribution in [0.15, 0.2) is 23.3 Å². The standard InChI is InChI=1S/C16H20F3N5OS/c1-10-11(2)26-13(24-10)9-23-15(20-3)22-7-8-25-14-12(16(17,18)19)5-4-6-21-14/h4-6H,7-9H2,1-3H3,(H2,20,22,23). The van der Waals surface area contributed by atoms with Crippen LogP contribution >= 0.6 is 11.3 Å². The van der Waals surface area contributed by atoms with Gasteiger partial charge < -0.3 is 15.4 Å². The van der Waals surface area contributed by atoms with Crippen LogP contribution in [0.1, 0.15) is 21.1 Å². The molecule has 0 amide bonds. The van der Waals surface area contributed by atoms with Gasteiger partial charge >= 0.3 is 6.18 Å². The van der Waals surface area contributed by atoms with Gasteiger partial charge in [-0.1, -0.05) is 0 Å². The summed E-state index contributed by atoms with van der Waals surface area (Å²) in [6.07, 6.45) is -3.24. The molecule has 2 aromatic rings. The minimum atomic E-state index is -4.50. The number of hydrogen-bond donors (Lipinski definition) is 2. The zero-order valence-electron chi connectivity index (χ0n) is 14.6. The maximum atomic E-state index is 12.9. The minimum absolute atomic E-state index is 0.0102. The predicted octanol–water partition coefficient (Wildman–Crippen LogP) is 2.92. The summed E-state index contributed by atoms with van der Waals surface area (Å²) in [6, 6.07) is 2.16. The topological polar surface area (TPSA) is 71.4 Å². The number of thiazole rings is 1. The first kappa shape index (κ1) is 20.0. The lowest BCUT2D eigenvalue weighted by Gasteiger charge is -2.14. The fourth-order valence-electron chi connectivity index (χ4n) is 2.03. The molecule has 142 valence electrons. The van der Waals surface area contributed by atoms with Gasteiger partial charge in [0.25, 0.3) is 0 Å². The molecule has 2 N–H and O–H groups in total. The van der Waals surface area contributed by atoms with E-state index in [1.165, 1.54) is 12.3 Å². The van der Waals surface area contributed by atoms with Gasteiger partial charge in [0.1, 0.15) is 17.2 Å². The van der Waals surface area contributed by atoms with Crippen molar-refractivity contribution in [3.8, 4) is 5.88 Å². The Kier molecular flexibility index (Phi) is 6.78. The first-order chi connectivity index (χ1) is 12.3. The molecule has 0 radical (unpaired) electrons. The Hall–Kier alpha value is -2.36. The maximum absolute atomic E-state index is 12.9. The molecule has 0 aliphatic rings. The van der Waals surface area contributed by atoms with Gasteiger partial charge in [0.15, 0.2) is 5.96 Å².